The number of nitrogens with zero attached hydrogens (tertiary/aromatic N) is 1. The minimum absolute atomic E-state index is 0.0786. The van der Waals surface area contributed by atoms with Crippen LogP contribution in [-0.2, 0) is 14.8 Å². The molecule has 0 saturated heterocycles. The van der Waals surface area contributed by atoms with E-state index in [1.807, 2.05) is 45.0 Å². The van der Waals surface area contributed by atoms with E-state index in [4.69, 9.17) is 0 Å². The van der Waals surface area contributed by atoms with E-state index in [0.29, 0.717) is 12.1 Å². The maximum absolute atomic E-state index is 12.4. The first kappa shape index (κ1) is 22.9. The number of sulfonamides is 1. The predicted octanol–water partition coefficient (Wildman–Crippen LogP) is 4.34. The van der Waals surface area contributed by atoms with Crippen LogP contribution in [0.1, 0.15) is 53.6 Å². The first-order chi connectivity index (χ1) is 13.5. The summed E-state index contributed by atoms with van der Waals surface area (Å²) in [5, 5.41) is 3.01. The minimum atomic E-state index is -3.43. The Kier molecular flexibility index (Phi) is 7.47. The molecule has 2 rings (SSSR count). The van der Waals surface area contributed by atoms with Crippen LogP contribution in [0, 0.1) is 27.7 Å². The van der Waals surface area contributed by atoms with Gasteiger partial charge in [-0.25, -0.2) is 8.42 Å². The van der Waals surface area contributed by atoms with Gasteiger partial charge in [0.1, 0.15) is 0 Å². The Morgan fingerprint density at radius 1 is 1.00 bits per heavy atom. The van der Waals surface area contributed by atoms with Crippen molar-refractivity contribution in [2.45, 2.75) is 53.5 Å². The fourth-order valence-corrected chi connectivity index (χ4v) is 4.28. The zero-order chi connectivity index (χ0) is 21.8. The van der Waals surface area contributed by atoms with Crippen molar-refractivity contribution in [2.24, 2.45) is 0 Å². The molecule has 0 heterocycles. The number of hydrogen-bond acceptors (Lipinski definition) is 3. The molecule has 1 unspecified atom stereocenters. The number of rotatable bonds is 8. The molecule has 2 aromatic carbocycles. The van der Waals surface area contributed by atoms with Crippen LogP contribution in [0.2, 0.25) is 0 Å². The molecule has 0 aliphatic heterocycles. The average Bonchev–Trinajstić information content (AvgIpc) is 2.62. The summed E-state index contributed by atoms with van der Waals surface area (Å²) in [5.74, 6) is -0.0786. The molecule has 0 aromatic heterocycles. The molecule has 0 fully saturated rings. The third-order valence-electron chi connectivity index (χ3n) is 5.21. The lowest BCUT2D eigenvalue weighted by Crippen LogP contribution is -2.33. The Bertz CT molecular complexity index is 984. The van der Waals surface area contributed by atoms with Crippen LogP contribution >= 0.6 is 0 Å². The van der Waals surface area contributed by atoms with Crippen LogP contribution in [0.5, 0.6) is 0 Å². The molecule has 1 N–H and O–H groups in total. The monoisotopic (exact) mass is 416 g/mol. The van der Waals surface area contributed by atoms with Crippen molar-refractivity contribution in [2.75, 3.05) is 17.1 Å². The lowest BCUT2D eigenvalue weighted by molar-refractivity contribution is -0.121. The molecule has 0 radical (unpaired) electrons. The number of aryl methyl sites for hydroxylation is 4. The Morgan fingerprint density at radius 2 is 1.66 bits per heavy atom. The normalized spacial score (nSPS) is 12.5. The highest BCUT2D eigenvalue weighted by atomic mass is 32.2. The Morgan fingerprint density at radius 3 is 2.28 bits per heavy atom. The largest absolute Gasteiger partial charge is 0.350 e. The molecule has 0 aliphatic carbocycles. The zero-order valence-electron chi connectivity index (χ0n) is 18.2. The van der Waals surface area contributed by atoms with Gasteiger partial charge in [0.15, 0.2) is 0 Å². The number of carbonyl (C=O) groups is 1. The first-order valence-corrected chi connectivity index (χ1v) is 11.8. The fourth-order valence-electron chi connectivity index (χ4n) is 3.27. The Balaban J connectivity index is 1.99. The van der Waals surface area contributed by atoms with Gasteiger partial charge < -0.3 is 5.32 Å². The first-order valence-electron chi connectivity index (χ1n) is 9.90. The molecule has 0 spiro atoms. The molecule has 158 valence electrons. The number of nitrogens with one attached hydrogen (secondary N) is 1. The van der Waals surface area contributed by atoms with Gasteiger partial charge in [0.25, 0.3) is 0 Å². The molecular formula is C23H32N2O3S. The van der Waals surface area contributed by atoms with Crippen LogP contribution in [0.3, 0.4) is 0 Å². The van der Waals surface area contributed by atoms with Crippen molar-refractivity contribution >= 4 is 21.6 Å². The zero-order valence-corrected chi connectivity index (χ0v) is 19.1. The van der Waals surface area contributed by atoms with Gasteiger partial charge in [0.2, 0.25) is 15.9 Å². The Hall–Kier alpha value is -2.34. The summed E-state index contributed by atoms with van der Waals surface area (Å²) in [4.78, 5) is 12.4. The Labute approximate surface area is 175 Å². The van der Waals surface area contributed by atoms with Gasteiger partial charge in [-0.3, -0.25) is 9.10 Å². The van der Waals surface area contributed by atoms with Crippen LogP contribution in [0.15, 0.2) is 36.4 Å². The molecule has 6 heteroatoms. The van der Waals surface area contributed by atoms with Gasteiger partial charge >= 0.3 is 0 Å². The van der Waals surface area contributed by atoms with Crippen molar-refractivity contribution in [3.8, 4) is 0 Å². The number of anilines is 1. The van der Waals surface area contributed by atoms with E-state index in [1.54, 1.807) is 0 Å². The minimum Gasteiger partial charge on any atom is -0.350 e. The number of carbonyl (C=O) groups excluding carboxylic acids is 1. The van der Waals surface area contributed by atoms with Gasteiger partial charge in [-0.2, -0.15) is 0 Å². The average molecular weight is 417 g/mol. The van der Waals surface area contributed by atoms with Crippen molar-refractivity contribution < 1.29 is 13.2 Å². The van der Waals surface area contributed by atoms with E-state index in [1.165, 1.54) is 21.7 Å². The highest BCUT2D eigenvalue weighted by Crippen LogP contribution is 2.24. The molecule has 29 heavy (non-hydrogen) atoms. The second-order valence-electron chi connectivity index (χ2n) is 7.86. The standard InChI is InChI=1S/C23H32N2O3S/c1-16-9-10-18(3)22(14-16)25(29(6,27)28)13-7-8-23(26)24-20(5)21-12-11-17(2)19(4)15-21/h9-12,14-15,20H,7-8,13H2,1-6H3,(H,24,26). The molecule has 0 aliphatic rings. The smallest absolute Gasteiger partial charge is 0.232 e. The summed E-state index contributed by atoms with van der Waals surface area (Å²) in [6.07, 6.45) is 1.93. The topological polar surface area (TPSA) is 66.5 Å². The second kappa shape index (κ2) is 9.44. The molecule has 1 atom stereocenters. The van der Waals surface area contributed by atoms with E-state index in [9.17, 15) is 13.2 Å². The van der Waals surface area contributed by atoms with Crippen molar-refractivity contribution in [3.63, 3.8) is 0 Å². The van der Waals surface area contributed by atoms with Gasteiger partial charge in [0.05, 0.1) is 18.0 Å². The summed E-state index contributed by atoms with van der Waals surface area (Å²) < 4.78 is 26.0. The van der Waals surface area contributed by atoms with Gasteiger partial charge in [0, 0.05) is 13.0 Å². The van der Waals surface area contributed by atoms with Gasteiger partial charge in [-0.05, 0) is 74.9 Å². The maximum Gasteiger partial charge on any atom is 0.232 e. The summed E-state index contributed by atoms with van der Waals surface area (Å²) >= 11 is 0. The van der Waals surface area contributed by atoms with Gasteiger partial charge in [-0.1, -0.05) is 30.3 Å². The molecule has 5 nitrogen and oxygen atoms in total. The third kappa shape index (κ3) is 6.32. The molecule has 1 amide bonds. The molecule has 2 aromatic rings. The summed E-state index contributed by atoms with van der Waals surface area (Å²) in [7, 11) is -3.43. The van der Waals surface area contributed by atoms with Crippen LogP contribution in [0.4, 0.5) is 5.69 Å². The quantitative estimate of drug-likeness (QED) is 0.696. The third-order valence-corrected chi connectivity index (χ3v) is 6.39. The summed E-state index contributed by atoms with van der Waals surface area (Å²) in [6, 6.07) is 11.8. The van der Waals surface area contributed by atoms with E-state index in [0.717, 1.165) is 16.7 Å². The van der Waals surface area contributed by atoms with Crippen LogP contribution < -0.4 is 9.62 Å². The fraction of sp³-hybridized carbons (Fsp3) is 0.435. The van der Waals surface area contributed by atoms with Gasteiger partial charge in [-0.15, -0.1) is 0 Å². The molecule has 0 bridgehead atoms. The highest BCUT2D eigenvalue weighted by Gasteiger charge is 2.20. The van der Waals surface area contributed by atoms with Crippen molar-refractivity contribution in [1.29, 1.82) is 0 Å². The van der Waals surface area contributed by atoms with E-state index in [2.05, 4.69) is 31.3 Å². The second-order valence-corrected chi connectivity index (χ2v) is 9.77. The number of amides is 1. The predicted molar refractivity (Wildman–Crippen MR) is 120 cm³/mol. The van der Waals surface area contributed by atoms with E-state index in [-0.39, 0.29) is 24.9 Å². The van der Waals surface area contributed by atoms with Crippen molar-refractivity contribution in [3.05, 3.63) is 64.2 Å². The lowest BCUT2D eigenvalue weighted by Gasteiger charge is -2.24. The van der Waals surface area contributed by atoms with E-state index < -0.39 is 10.0 Å². The van der Waals surface area contributed by atoms with Crippen molar-refractivity contribution in [1.82, 2.24) is 5.32 Å². The SMILES string of the molecule is Cc1ccc(C)c(N(CCCC(=O)NC(C)c2ccc(C)c(C)c2)S(C)(=O)=O)c1. The summed E-state index contributed by atoms with van der Waals surface area (Å²) in [6.45, 7) is 10.2. The maximum atomic E-state index is 12.4. The molecule has 0 saturated carbocycles. The lowest BCUT2D eigenvalue weighted by atomic mass is 10.0. The molecular weight excluding hydrogens is 384 g/mol. The van der Waals surface area contributed by atoms with Crippen LogP contribution in [0.25, 0.3) is 0 Å². The number of benzene rings is 2. The summed E-state index contributed by atoms with van der Waals surface area (Å²) in [5.41, 5.74) is 6.06. The van der Waals surface area contributed by atoms with Crippen LogP contribution in [-0.4, -0.2) is 27.1 Å². The van der Waals surface area contributed by atoms with E-state index >= 15 is 0 Å². The highest BCUT2D eigenvalue weighted by molar-refractivity contribution is 7.92. The number of hydrogen-bond donors (Lipinski definition) is 1.